The third kappa shape index (κ3) is 35.8. The molecule has 3 aliphatic heterocycles. The summed E-state index contributed by atoms with van der Waals surface area (Å²) in [7, 11) is 0. The topological polar surface area (TPSA) is 307 Å². The lowest BCUT2D eigenvalue weighted by atomic mass is 9.96. The molecule has 17 atom stereocenters. The molecule has 3 heterocycles. The van der Waals surface area contributed by atoms with Crippen molar-refractivity contribution in [3.63, 3.8) is 0 Å². The summed E-state index contributed by atoms with van der Waals surface area (Å²) in [5, 5.41) is 120. The molecule has 17 unspecified atom stereocenters. The third-order valence-corrected chi connectivity index (χ3v) is 16.4. The highest BCUT2D eigenvalue weighted by Gasteiger charge is 2.53. The molecule has 94 heavy (non-hydrogen) atoms. The lowest BCUT2D eigenvalue weighted by molar-refractivity contribution is -0.379. The summed E-state index contributed by atoms with van der Waals surface area (Å²) in [6.07, 6.45) is 51.5. The normalized spacial score (nSPS) is 28.3. The van der Waals surface area contributed by atoms with E-state index in [4.69, 9.17) is 28.4 Å². The van der Waals surface area contributed by atoms with E-state index in [9.17, 15) is 61.0 Å². The molecule has 0 aromatic rings. The first kappa shape index (κ1) is 83.9. The molecule has 0 radical (unpaired) electrons. The average molecular weight is 1320 g/mol. The van der Waals surface area contributed by atoms with Gasteiger partial charge in [-0.05, 0) is 109 Å². The molecule has 0 bridgehead atoms. The quantitative estimate of drug-likeness (QED) is 0.0199. The summed E-state index contributed by atoms with van der Waals surface area (Å²) in [4.78, 5) is 13.3. The molecule has 3 fully saturated rings. The smallest absolute Gasteiger partial charge is 0.220 e. The molecule has 3 aliphatic rings. The van der Waals surface area contributed by atoms with Crippen LogP contribution in [0.3, 0.4) is 0 Å². The van der Waals surface area contributed by atoms with Crippen LogP contribution in [0.4, 0.5) is 0 Å². The zero-order valence-corrected chi connectivity index (χ0v) is 56.4. The summed E-state index contributed by atoms with van der Waals surface area (Å²) in [5.41, 5.74) is 0. The van der Waals surface area contributed by atoms with Crippen LogP contribution in [-0.2, 0) is 33.2 Å². The van der Waals surface area contributed by atoms with Crippen molar-refractivity contribution in [1.82, 2.24) is 5.32 Å². The van der Waals surface area contributed by atoms with E-state index in [1.807, 2.05) is 6.08 Å². The lowest BCUT2D eigenvalue weighted by Gasteiger charge is -2.48. The SMILES string of the molecule is CC/C=C\C/C=C\C/C=C\C/C=C\C/C=C\C/C=C\C/C=C\C/C=C\C/C=C\CCCCCCCCCCCCCC(=O)NC(COC1OC(CO)C(OC2OC(CO)C(OC3OC(CO)C(O)C(O)C3O)C(O)C2O)C(O)C1O)C(O)/C=C/CC/C=C/CC/C=C/CC. The molecule has 12 N–H and O–H groups in total. The average Bonchev–Trinajstić information content (AvgIpc) is 0.788. The first-order valence-electron chi connectivity index (χ1n) is 35.1. The van der Waals surface area contributed by atoms with Crippen molar-refractivity contribution in [3.8, 4) is 0 Å². The van der Waals surface area contributed by atoms with Crippen molar-refractivity contribution in [1.29, 1.82) is 0 Å². The summed E-state index contributed by atoms with van der Waals surface area (Å²) in [5.74, 6) is -0.303. The van der Waals surface area contributed by atoms with Crippen LogP contribution in [-0.4, -0.2) is 193 Å². The Bertz CT molecular complexity index is 2270. The lowest BCUT2D eigenvalue weighted by Crippen LogP contribution is -2.66. The van der Waals surface area contributed by atoms with Crippen molar-refractivity contribution >= 4 is 5.91 Å². The van der Waals surface area contributed by atoms with Crippen molar-refractivity contribution in [3.05, 3.63) is 146 Å². The second-order valence-electron chi connectivity index (χ2n) is 24.2. The summed E-state index contributed by atoms with van der Waals surface area (Å²) < 4.78 is 34.2. The standard InChI is InChI=1S/C75H121NO18/c1-3-5-7-9-11-13-15-16-17-18-19-20-21-22-23-24-25-26-27-28-29-30-31-32-33-34-35-36-37-38-39-40-41-42-43-45-47-49-51-53-63(81)76-58(59(80)52-50-48-46-44-14-12-10-8-6-4-2)57-89-73-69(87)66(84)71(61(55-78)91-73)94-75-70(88)67(85)72(62(56-79)92-75)93-74-68(86)65(83)64(82)60(54-77)90-74/h5-8,11,13-14,16-17,19-20,22-23,25-26,28-29,31-32,34-35,44,50,52,58-62,64-75,77-80,82-88H,3-4,9-10,12,15,18,21,24,27,30,33,36-43,45-49,51,53-57H2,1-2H3,(H,76,81)/b7-5-,8-6+,13-11-,17-16-,20-19-,23-22-,26-25-,29-28-,32-31-,35-34-,44-14+,52-50+. The minimum atomic E-state index is -1.99. The molecule has 19 heteroatoms. The Hall–Kier alpha value is -4.33. The molecule has 534 valence electrons. The Kier molecular flexibility index (Phi) is 48.8. The molecule has 3 rings (SSSR count). The number of rotatable bonds is 51. The van der Waals surface area contributed by atoms with Crippen LogP contribution in [0.15, 0.2) is 146 Å². The first-order chi connectivity index (χ1) is 45.8. The number of aliphatic hydroxyl groups excluding tert-OH is 11. The van der Waals surface area contributed by atoms with Gasteiger partial charge in [0.2, 0.25) is 5.91 Å². The van der Waals surface area contributed by atoms with Crippen LogP contribution in [0, 0.1) is 0 Å². The van der Waals surface area contributed by atoms with Crippen LogP contribution >= 0.6 is 0 Å². The number of nitrogens with one attached hydrogen (secondary N) is 1. The number of allylic oxidation sites excluding steroid dienone is 23. The van der Waals surface area contributed by atoms with Crippen molar-refractivity contribution in [2.75, 3.05) is 26.4 Å². The number of unbranched alkanes of at least 4 members (excludes halogenated alkanes) is 13. The van der Waals surface area contributed by atoms with Crippen LogP contribution < -0.4 is 5.32 Å². The van der Waals surface area contributed by atoms with Gasteiger partial charge in [-0.3, -0.25) is 4.79 Å². The van der Waals surface area contributed by atoms with E-state index in [1.54, 1.807) is 6.08 Å². The van der Waals surface area contributed by atoms with E-state index >= 15 is 0 Å². The van der Waals surface area contributed by atoms with Gasteiger partial charge in [0.25, 0.3) is 0 Å². The second kappa shape index (κ2) is 54.7. The van der Waals surface area contributed by atoms with Gasteiger partial charge < -0.3 is 89.9 Å². The molecule has 3 saturated heterocycles. The number of amides is 1. The van der Waals surface area contributed by atoms with E-state index in [1.165, 1.54) is 38.5 Å². The molecule has 0 aliphatic carbocycles. The first-order valence-corrected chi connectivity index (χ1v) is 35.1. The summed E-state index contributed by atoms with van der Waals surface area (Å²) in [6.45, 7) is 1.42. The fourth-order valence-electron chi connectivity index (χ4n) is 10.8. The number of carbonyl (C=O) groups is 1. The van der Waals surface area contributed by atoms with Crippen LogP contribution in [0.2, 0.25) is 0 Å². The van der Waals surface area contributed by atoms with Gasteiger partial charge in [-0.25, -0.2) is 0 Å². The highest BCUT2D eigenvalue weighted by Crippen LogP contribution is 2.33. The van der Waals surface area contributed by atoms with Crippen LogP contribution in [0.25, 0.3) is 0 Å². The molecule has 0 spiro atoms. The summed E-state index contributed by atoms with van der Waals surface area (Å²) >= 11 is 0. The number of carbonyl (C=O) groups excluding carboxylic acids is 1. The third-order valence-electron chi connectivity index (χ3n) is 16.4. The molecule has 0 aromatic heterocycles. The van der Waals surface area contributed by atoms with Gasteiger partial charge in [-0.15, -0.1) is 0 Å². The Balaban J connectivity index is 1.32. The minimum absolute atomic E-state index is 0.218. The molecule has 1 amide bonds. The predicted octanol–water partition coefficient (Wildman–Crippen LogP) is 9.54. The number of hydrogen-bond acceptors (Lipinski definition) is 18. The van der Waals surface area contributed by atoms with Gasteiger partial charge in [-0.1, -0.05) is 217 Å². The minimum Gasteiger partial charge on any atom is -0.394 e. The van der Waals surface area contributed by atoms with Crippen molar-refractivity contribution < 1.29 is 89.4 Å². The Morgan fingerprint density at radius 1 is 0.383 bits per heavy atom. The zero-order chi connectivity index (χ0) is 68.2. The number of aliphatic hydroxyl groups is 11. The zero-order valence-electron chi connectivity index (χ0n) is 56.4. The molecule has 19 nitrogen and oxygen atoms in total. The molecule has 0 aromatic carbocycles. The van der Waals surface area contributed by atoms with Crippen molar-refractivity contribution in [2.24, 2.45) is 0 Å². The highest BCUT2D eigenvalue weighted by atomic mass is 16.8. The highest BCUT2D eigenvalue weighted by molar-refractivity contribution is 5.76. The summed E-state index contributed by atoms with van der Waals surface area (Å²) in [6, 6.07) is -1.01. The number of ether oxygens (including phenoxy) is 6. The van der Waals surface area contributed by atoms with Gasteiger partial charge in [0, 0.05) is 6.42 Å². The van der Waals surface area contributed by atoms with Gasteiger partial charge >= 0.3 is 0 Å². The van der Waals surface area contributed by atoms with E-state index in [0.29, 0.717) is 12.8 Å². The Morgan fingerprint density at radius 3 is 1.15 bits per heavy atom. The second-order valence-corrected chi connectivity index (χ2v) is 24.2. The number of hydrogen-bond donors (Lipinski definition) is 12. The Labute approximate surface area is 562 Å². The maximum Gasteiger partial charge on any atom is 0.220 e. The van der Waals surface area contributed by atoms with Crippen LogP contribution in [0.5, 0.6) is 0 Å². The Morgan fingerprint density at radius 2 is 0.713 bits per heavy atom. The van der Waals surface area contributed by atoms with Gasteiger partial charge in [-0.2, -0.15) is 0 Å². The van der Waals surface area contributed by atoms with Crippen LogP contribution in [0.1, 0.15) is 187 Å². The van der Waals surface area contributed by atoms with Gasteiger partial charge in [0.15, 0.2) is 18.9 Å². The van der Waals surface area contributed by atoms with Crippen molar-refractivity contribution in [2.45, 2.75) is 291 Å². The fourth-order valence-corrected chi connectivity index (χ4v) is 10.8. The van der Waals surface area contributed by atoms with Gasteiger partial charge in [0.1, 0.15) is 73.2 Å². The van der Waals surface area contributed by atoms with E-state index in [2.05, 4.69) is 153 Å². The van der Waals surface area contributed by atoms with E-state index in [0.717, 1.165) is 116 Å². The maximum absolute atomic E-state index is 13.3. The van der Waals surface area contributed by atoms with Gasteiger partial charge in [0.05, 0.1) is 38.6 Å². The van der Waals surface area contributed by atoms with E-state index in [-0.39, 0.29) is 18.9 Å². The largest absolute Gasteiger partial charge is 0.394 e. The predicted molar refractivity (Wildman–Crippen MR) is 369 cm³/mol. The fraction of sp³-hybridized carbons (Fsp3) is 0.667. The molecular weight excluding hydrogens is 1200 g/mol. The maximum atomic E-state index is 13.3. The van der Waals surface area contributed by atoms with E-state index < -0.39 is 124 Å². The monoisotopic (exact) mass is 1320 g/mol. The molecule has 0 saturated carbocycles. The molecular formula is C75H121NO18.